The Morgan fingerprint density at radius 3 is 1.82 bits per heavy atom. The van der Waals surface area contributed by atoms with Gasteiger partial charge >= 0.3 is 0 Å². The van der Waals surface area contributed by atoms with E-state index in [0.29, 0.717) is 5.52 Å². The van der Waals surface area contributed by atoms with Gasteiger partial charge < -0.3 is 0 Å². The summed E-state index contributed by atoms with van der Waals surface area (Å²) in [5, 5.41) is 9.54. The summed E-state index contributed by atoms with van der Waals surface area (Å²) in [6, 6.07) is 52.7. The molecule has 1 heterocycles. The molecule has 0 saturated carbocycles. The van der Waals surface area contributed by atoms with E-state index in [0.717, 1.165) is 33.1 Å². The smallest absolute Gasteiger partial charge is 0.111 e. The highest BCUT2D eigenvalue weighted by molar-refractivity contribution is 6.25. The van der Waals surface area contributed by atoms with E-state index >= 15 is 0 Å². The van der Waals surface area contributed by atoms with Gasteiger partial charge in [-0.1, -0.05) is 121 Å². The Bertz CT molecular complexity index is 2630. The third kappa shape index (κ3) is 3.64. The second-order valence-corrected chi connectivity index (χ2v) is 11.3. The molecular formula is C42H28N2. The molecule has 1 aromatic heterocycles. The van der Waals surface area contributed by atoms with Crippen LogP contribution in [0.3, 0.4) is 0 Å². The molecule has 0 spiro atoms. The van der Waals surface area contributed by atoms with Crippen molar-refractivity contribution in [2.75, 3.05) is 0 Å². The van der Waals surface area contributed by atoms with Gasteiger partial charge in [-0.2, -0.15) is 0 Å². The van der Waals surface area contributed by atoms with Crippen LogP contribution < -0.4 is 0 Å². The minimum atomic E-state index is -2.38. The molecule has 0 unspecified atom stereocenters. The van der Waals surface area contributed by atoms with Gasteiger partial charge in [0.05, 0.1) is 11.0 Å². The van der Waals surface area contributed by atoms with E-state index < -0.39 is 6.85 Å². The Kier molecular flexibility index (Phi) is 4.80. The van der Waals surface area contributed by atoms with E-state index in [1.54, 1.807) is 4.57 Å². The summed E-state index contributed by atoms with van der Waals surface area (Å²) >= 11 is 0. The van der Waals surface area contributed by atoms with E-state index in [2.05, 4.69) is 120 Å². The van der Waals surface area contributed by atoms with E-state index in [-0.39, 0.29) is 5.82 Å². The van der Waals surface area contributed by atoms with Gasteiger partial charge in [0.2, 0.25) is 0 Å². The predicted molar refractivity (Wildman–Crippen MR) is 187 cm³/mol. The van der Waals surface area contributed by atoms with E-state index in [4.69, 9.17) is 4.11 Å². The topological polar surface area (TPSA) is 17.8 Å². The van der Waals surface area contributed by atoms with E-state index in [9.17, 15) is 0 Å². The molecule has 9 rings (SSSR count). The zero-order valence-corrected chi connectivity index (χ0v) is 23.8. The van der Waals surface area contributed by atoms with Gasteiger partial charge in [-0.3, -0.25) is 4.57 Å². The van der Waals surface area contributed by atoms with Crippen LogP contribution >= 0.6 is 0 Å². The first-order chi connectivity index (χ1) is 23.0. The fraction of sp³-hybridized carbons (Fsp3) is 0.0238. The van der Waals surface area contributed by atoms with Crippen molar-refractivity contribution in [3.63, 3.8) is 0 Å². The summed E-state index contributed by atoms with van der Waals surface area (Å²) in [4.78, 5) is 4.55. The molecule has 0 atom stereocenters. The quantitative estimate of drug-likeness (QED) is 0.154. The first-order valence-corrected chi connectivity index (χ1v) is 14.9. The number of hydrogen-bond donors (Lipinski definition) is 0. The summed E-state index contributed by atoms with van der Waals surface area (Å²) < 4.78 is 26.7. The third-order valence-electron chi connectivity index (χ3n) is 8.92. The molecule has 0 saturated heterocycles. The SMILES string of the molecule is [2H]C([2H])([2H])c1nc2ccccc2n1-c1cccc(-c2c3ccccc3c(-c3cc4ccccc4c4ccccc34)c3ccccc23)c1. The van der Waals surface area contributed by atoms with Gasteiger partial charge in [0.15, 0.2) is 0 Å². The number of fused-ring (bicyclic) bond motifs is 6. The van der Waals surface area contributed by atoms with Crippen molar-refractivity contribution in [2.24, 2.45) is 0 Å². The molecule has 44 heavy (non-hydrogen) atoms. The highest BCUT2D eigenvalue weighted by atomic mass is 15.1. The highest BCUT2D eigenvalue weighted by Crippen LogP contribution is 2.46. The maximum atomic E-state index is 8.29. The Morgan fingerprint density at radius 2 is 1.09 bits per heavy atom. The summed E-state index contributed by atoms with van der Waals surface area (Å²) in [7, 11) is 0. The van der Waals surface area contributed by atoms with Gasteiger partial charge in [-0.25, -0.2) is 4.98 Å². The van der Waals surface area contributed by atoms with Gasteiger partial charge in [-0.15, -0.1) is 0 Å². The highest BCUT2D eigenvalue weighted by Gasteiger charge is 2.19. The number of nitrogens with zero attached hydrogens (tertiary/aromatic N) is 2. The first-order valence-electron chi connectivity index (χ1n) is 16.4. The second kappa shape index (κ2) is 9.65. The normalized spacial score (nSPS) is 13.0. The lowest BCUT2D eigenvalue weighted by molar-refractivity contribution is 1.00. The second-order valence-electron chi connectivity index (χ2n) is 11.3. The Labute approximate surface area is 259 Å². The average Bonchev–Trinajstić information content (AvgIpc) is 3.51. The standard InChI is InChI=1S/C42H28N2/c1-27-43-39-23-10-11-24-40(39)44(27)30-15-12-14-29(25-30)41-34-19-6-8-21-36(34)42(37-22-9-7-20-35(37)41)38-26-28-13-2-3-16-31(28)32-17-4-5-18-33(32)38/h2-26H,1H3/i1D3. The van der Waals surface area contributed by atoms with Crippen LogP contribution in [0.15, 0.2) is 152 Å². The van der Waals surface area contributed by atoms with Gasteiger partial charge in [-0.05, 0) is 103 Å². The van der Waals surface area contributed by atoms with Crippen LogP contribution in [-0.4, -0.2) is 9.55 Å². The largest absolute Gasteiger partial charge is 0.297 e. The van der Waals surface area contributed by atoms with Crippen molar-refractivity contribution in [1.29, 1.82) is 0 Å². The van der Waals surface area contributed by atoms with Crippen molar-refractivity contribution in [3.8, 4) is 27.9 Å². The van der Waals surface area contributed by atoms with Crippen LogP contribution in [0, 0.1) is 6.85 Å². The molecule has 0 aliphatic carbocycles. The maximum Gasteiger partial charge on any atom is 0.111 e. The average molecular weight is 564 g/mol. The number of imidazole rings is 1. The fourth-order valence-electron chi connectivity index (χ4n) is 7.08. The van der Waals surface area contributed by atoms with Crippen molar-refractivity contribution >= 4 is 54.1 Å². The molecular weight excluding hydrogens is 532 g/mol. The maximum absolute atomic E-state index is 8.29. The first kappa shape index (κ1) is 21.9. The lowest BCUT2D eigenvalue weighted by atomic mass is 9.84. The zero-order chi connectivity index (χ0) is 31.7. The van der Waals surface area contributed by atoms with Crippen LogP contribution in [0.2, 0.25) is 0 Å². The van der Waals surface area contributed by atoms with E-state index in [1.165, 1.54) is 43.4 Å². The number of rotatable bonds is 3. The van der Waals surface area contributed by atoms with Crippen molar-refractivity contribution in [1.82, 2.24) is 9.55 Å². The number of aryl methyl sites for hydroxylation is 1. The number of aromatic nitrogens is 2. The Hall–Kier alpha value is -5.73. The predicted octanol–water partition coefficient (Wildman–Crippen LogP) is 11.3. The molecule has 0 aliphatic rings. The minimum Gasteiger partial charge on any atom is -0.297 e. The molecule has 0 radical (unpaired) electrons. The molecule has 0 aliphatic heterocycles. The van der Waals surface area contributed by atoms with Gasteiger partial charge in [0, 0.05) is 9.80 Å². The third-order valence-corrected chi connectivity index (χ3v) is 8.92. The van der Waals surface area contributed by atoms with Crippen LogP contribution in [0.5, 0.6) is 0 Å². The van der Waals surface area contributed by atoms with Gasteiger partial charge in [0.1, 0.15) is 5.82 Å². The molecule has 0 bridgehead atoms. The van der Waals surface area contributed by atoms with E-state index in [1.807, 2.05) is 36.4 Å². The lowest BCUT2D eigenvalue weighted by Crippen LogP contribution is -1.97. The number of para-hydroxylation sites is 2. The Morgan fingerprint density at radius 1 is 0.500 bits per heavy atom. The van der Waals surface area contributed by atoms with Gasteiger partial charge in [0.25, 0.3) is 0 Å². The number of hydrogen-bond acceptors (Lipinski definition) is 1. The lowest BCUT2D eigenvalue weighted by Gasteiger charge is -2.20. The van der Waals surface area contributed by atoms with Crippen LogP contribution in [-0.2, 0) is 0 Å². The van der Waals surface area contributed by atoms with Crippen molar-refractivity contribution in [2.45, 2.75) is 6.85 Å². The Balaban J connectivity index is 1.37. The zero-order valence-electron chi connectivity index (χ0n) is 26.8. The molecule has 9 aromatic rings. The number of benzene rings is 8. The minimum absolute atomic E-state index is 0.0593. The fourth-order valence-corrected chi connectivity index (χ4v) is 7.08. The van der Waals surface area contributed by atoms with Crippen molar-refractivity contribution < 1.29 is 4.11 Å². The molecule has 2 nitrogen and oxygen atoms in total. The summed E-state index contributed by atoms with van der Waals surface area (Å²) in [5.41, 5.74) is 6.74. The molecule has 8 aromatic carbocycles. The monoisotopic (exact) mass is 563 g/mol. The molecule has 206 valence electrons. The summed E-state index contributed by atoms with van der Waals surface area (Å²) in [6.45, 7) is -2.38. The van der Waals surface area contributed by atoms with Crippen LogP contribution in [0.25, 0.3) is 82.1 Å². The summed E-state index contributed by atoms with van der Waals surface area (Å²) in [5.74, 6) is 0.0593. The molecule has 0 amide bonds. The van der Waals surface area contributed by atoms with Crippen LogP contribution in [0.1, 0.15) is 9.94 Å². The molecule has 0 N–H and O–H groups in total. The molecule has 0 fully saturated rings. The molecule has 2 heteroatoms. The van der Waals surface area contributed by atoms with Crippen LogP contribution in [0.4, 0.5) is 0 Å². The summed E-state index contributed by atoms with van der Waals surface area (Å²) in [6.07, 6.45) is 0. The van der Waals surface area contributed by atoms with Crippen molar-refractivity contribution in [3.05, 3.63) is 157 Å².